The highest BCUT2D eigenvalue weighted by Crippen LogP contribution is 2.13. The summed E-state index contributed by atoms with van der Waals surface area (Å²) in [5, 5.41) is 0. The average molecular weight is 208 g/mol. The summed E-state index contributed by atoms with van der Waals surface area (Å²) in [6, 6.07) is 3.42. The Bertz CT molecular complexity index is 322. The minimum Gasteiger partial charge on any atom is -0.466 e. The van der Waals surface area contributed by atoms with Crippen LogP contribution in [0.1, 0.15) is 30.6 Å². The Hall–Kier alpha value is -1.42. The first kappa shape index (κ1) is 11.7. The predicted molar refractivity (Wildman–Crippen MR) is 57.2 cm³/mol. The molecule has 1 heterocycles. The van der Waals surface area contributed by atoms with Gasteiger partial charge in [0, 0.05) is 17.9 Å². The number of hydrogen-bond acceptors (Lipinski definition) is 4. The molecule has 0 amide bonds. The van der Waals surface area contributed by atoms with Crippen LogP contribution in [0.2, 0.25) is 0 Å². The number of aryl methyl sites for hydroxylation is 1. The van der Waals surface area contributed by atoms with Crippen molar-refractivity contribution in [3.8, 4) is 0 Å². The Morgan fingerprint density at radius 2 is 2.33 bits per heavy atom. The second-order valence-electron chi connectivity index (χ2n) is 3.35. The van der Waals surface area contributed by atoms with Gasteiger partial charge in [0.1, 0.15) is 0 Å². The quantitative estimate of drug-likeness (QED) is 0.758. The average Bonchev–Trinajstić information content (AvgIpc) is 2.18. The highest BCUT2D eigenvalue weighted by molar-refractivity contribution is 5.70. The topological polar surface area (TPSA) is 65.2 Å². The van der Waals surface area contributed by atoms with Gasteiger partial charge in [-0.2, -0.15) is 0 Å². The van der Waals surface area contributed by atoms with Gasteiger partial charge in [-0.15, -0.1) is 0 Å². The fourth-order valence-electron chi connectivity index (χ4n) is 1.22. The molecule has 0 unspecified atom stereocenters. The van der Waals surface area contributed by atoms with Crippen molar-refractivity contribution in [2.45, 2.75) is 26.3 Å². The molecule has 0 saturated heterocycles. The monoisotopic (exact) mass is 208 g/mol. The minimum absolute atomic E-state index is 0.193. The Balaban J connectivity index is 2.57. The van der Waals surface area contributed by atoms with Crippen LogP contribution in [0.25, 0.3) is 0 Å². The molecule has 0 aliphatic heterocycles. The summed E-state index contributed by atoms with van der Waals surface area (Å²) in [5.74, 6) is -0.273. The molecule has 0 fully saturated rings. The Kier molecular flexibility index (Phi) is 4.24. The van der Waals surface area contributed by atoms with E-state index in [0.29, 0.717) is 6.61 Å². The van der Waals surface area contributed by atoms with Crippen LogP contribution in [0.15, 0.2) is 18.3 Å². The Morgan fingerprint density at radius 3 is 2.87 bits per heavy atom. The van der Waals surface area contributed by atoms with Gasteiger partial charge in [-0.25, -0.2) is 0 Å². The van der Waals surface area contributed by atoms with E-state index < -0.39 is 0 Å². The SMILES string of the molecule is CCOC(=O)C[C@@H](N)c1ccc(C)nc1. The van der Waals surface area contributed by atoms with E-state index in [4.69, 9.17) is 10.5 Å². The fraction of sp³-hybridized carbons (Fsp3) is 0.455. The molecule has 1 aromatic heterocycles. The van der Waals surface area contributed by atoms with Gasteiger partial charge in [-0.1, -0.05) is 6.07 Å². The number of nitrogens with zero attached hydrogens (tertiary/aromatic N) is 1. The summed E-state index contributed by atoms with van der Waals surface area (Å²) < 4.78 is 4.82. The Labute approximate surface area is 89.5 Å². The van der Waals surface area contributed by atoms with E-state index in [1.807, 2.05) is 19.1 Å². The zero-order chi connectivity index (χ0) is 11.3. The minimum atomic E-state index is -0.336. The highest BCUT2D eigenvalue weighted by Gasteiger charge is 2.12. The lowest BCUT2D eigenvalue weighted by molar-refractivity contribution is -0.143. The van der Waals surface area contributed by atoms with Gasteiger partial charge in [-0.05, 0) is 25.5 Å². The van der Waals surface area contributed by atoms with Crippen molar-refractivity contribution >= 4 is 5.97 Å². The lowest BCUT2D eigenvalue weighted by Gasteiger charge is -2.10. The van der Waals surface area contributed by atoms with Crippen molar-refractivity contribution in [1.82, 2.24) is 4.98 Å². The van der Waals surface area contributed by atoms with E-state index in [1.54, 1.807) is 13.1 Å². The van der Waals surface area contributed by atoms with Gasteiger partial charge < -0.3 is 10.5 Å². The van der Waals surface area contributed by atoms with Crippen LogP contribution in [0.4, 0.5) is 0 Å². The molecular formula is C11H16N2O2. The summed E-state index contributed by atoms with van der Waals surface area (Å²) in [5.41, 5.74) is 7.62. The summed E-state index contributed by atoms with van der Waals surface area (Å²) in [6.07, 6.45) is 1.89. The number of carbonyl (C=O) groups is 1. The van der Waals surface area contributed by atoms with Crippen LogP contribution in [0.5, 0.6) is 0 Å². The molecule has 0 radical (unpaired) electrons. The van der Waals surface area contributed by atoms with Gasteiger partial charge in [0.05, 0.1) is 13.0 Å². The second-order valence-corrected chi connectivity index (χ2v) is 3.35. The van der Waals surface area contributed by atoms with E-state index in [0.717, 1.165) is 11.3 Å². The number of esters is 1. The molecule has 2 N–H and O–H groups in total. The number of nitrogens with two attached hydrogens (primary N) is 1. The zero-order valence-corrected chi connectivity index (χ0v) is 9.06. The standard InChI is InChI=1S/C11H16N2O2/c1-3-15-11(14)6-10(12)9-5-4-8(2)13-7-9/h4-5,7,10H,3,6,12H2,1-2H3/t10-/m1/s1. The van der Waals surface area contributed by atoms with E-state index in [-0.39, 0.29) is 18.4 Å². The zero-order valence-electron chi connectivity index (χ0n) is 9.06. The normalized spacial score (nSPS) is 12.2. The molecule has 1 rings (SSSR count). The predicted octanol–water partition coefficient (Wildman–Crippen LogP) is 1.34. The molecule has 4 heteroatoms. The summed E-state index contributed by atoms with van der Waals surface area (Å²) in [6.45, 7) is 4.06. The number of hydrogen-bond donors (Lipinski definition) is 1. The number of ether oxygens (including phenoxy) is 1. The van der Waals surface area contributed by atoms with Gasteiger partial charge in [0.25, 0.3) is 0 Å². The summed E-state index contributed by atoms with van der Waals surface area (Å²) in [7, 11) is 0. The van der Waals surface area contributed by atoms with E-state index in [2.05, 4.69) is 4.98 Å². The smallest absolute Gasteiger partial charge is 0.307 e. The van der Waals surface area contributed by atoms with Gasteiger partial charge >= 0.3 is 5.97 Å². The first-order valence-corrected chi connectivity index (χ1v) is 4.97. The third-order valence-corrected chi connectivity index (χ3v) is 2.05. The third kappa shape index (κ3) is 3.67. The van der Waals surface area contributed by atoms with Crippen LogP contribution >= 0.6 is 0 Å². The molecule has 15 heavy (non-hydrogen) atoms. The van der Waals surface area contributed by atoms with Gasteiger partial charge in [0.15, 0.2) is 0 Å². The fourth-order valence-corrected chi connectivity index (χ4v) is 1.22. The molecule has 0 aliphatic rings. The number of carbonyl (C=O) groups excluding carboxylic acids is 1. The molecule has 1 atom stereocenters. The Morgan fingerprint density at radius 1 is 1.60 bits per heavy atom. The molecule has 0 spiro atoms. The van der Waals surface area contributed by atoms with E-state index in [9.17, 15) is 4.79 Å². The van der Waals surface area contributed by atoms with Crippen LogP contribution < -0.4 is 5.73 Å². The lowest BCUT2D eigenvalue weighted by atomic mass is 10.1. The van der Waals surface area contributed by atoms with Crippen molar-refractivity contribution in [3.63, 3.8) is 0 Å². The van der Waals surface area contributed by atoms with E-state index >= 15 is 0 Å². The van der Waals surface area contributed by atoms with Crippen molar-refractivity contribution < 1.29 is 9.53 Å². The van der Waals surface area contributed by atoms with Gasteiger partial charge in [-0.3, -0.25) is 9.78 Å². The molecule has 0 aromatic carbocycles. The first-order valence-electron chi connectivity index (χ1n) is 4.97. The number of pyridine rings is 1. The maximum atomic E-state index is 11.2. The van der Waals surface area contributed by atoms with Crippen molar-refractivity contribution in [2.24, 2.45) is 5.73 Å². The maximum Gasteiger partial charge on any atom is 0.307 e. The molecule has 82 valence electrons. The molecule has 0 saturated carbocycles. The second kappa shape index (κ2) is 5.46. The van der Waals surface area contributed by atoms with Crippen LogP contribution in [-0.2, 0) is 9.53 Å². The molecular weight excluding hydrogens is 192 g/mol. The molecule has 0 bridgehead atoms. The maximum absolute atomic E-state index is 11.2. The van der Waals surface area contributed by atoms with Gasteiger partial charge in [0.2, 0.25) is 0 Å². The number of aromatic nitrogens is 1. The molecule has 0 aliphatic carbocycles. The molecule has 1 aromatic rings. The number of rotatable bonds is 4. The third-order valence-electron chi connectivity index (χ3n) is 2.05. The van der Waals surface area contributed by atoms with Crippen molar-refractivity contribution in [1.29, 1.82) is 0 Å². The van der Waals surface area contributed by atoms with Crippen molar-refractivity contribution in [2.75, 3.05) is 6.61 Å². The van der Waals surface area contributed by atoms with Crippen LogP contribution in [0.3, 0.4) is 0 Å². The van der Waals surface area contributed by atoms with Crippen LogP contribution in [-0.4, -0.2) is 17.6 Å². The van der Waals surface area contributed by atoms with Crippen LogP contribution in [0, 0.1) is 6.92 Å². The van der Waals surface area contributed by atoms with E-state index in [1.165, 1.54) is 0 Å². The first-order chi connectivity index (χ1) is 7.13. The lowest BCUT2D eigenvalue weighted by Crippen LogP contribution is -2.17. The summed E-state index contributed by atoms with van der Waals surface area (Å²) >= 11 is 0. The van der Waals surface area contributed by atoms with Crippen molar-refractivity contribution in [3.05, 3.63) is 29.6 Å². The summed E-state index contributed by atoms with van der Waals surface area (Å²) in [4.78, 5) is 15.3. The molecule has 4 nitrogen and oxygen atoms in total. The largest absolute Gasteiger partial charge is 0.466 e. The highest BCUT2D eigenvalue weighted by atomic mass is 16.5.